The number of nitrogens with zero attached hydrogens (tertiary/aromatic N) is 1. The largest absolute Gasteiger partial charge is 0.320 e. The number of nitrogens with one attached hydrogen (secondary N) is 2. The van der Waals surface area contributed by atoms with Crippen molar-refractivity contribution in [2.45, 2.75) is 25.9 Å². The molecular formula is C14H19F2N3O. The lowest BCUT2D eigenvalue weighted by atomic mass is 10.1. The van der Waals surface area contributed by atoms with E-state index in [1.54, 1.807) is 0 Å². The highest BCUT2D eigenvalue weighted by Crippen LogP contribution is 2.18. The Bertz CT molecular complexity index is 465. The van der Waals surface area contributed by atoms with Gasteiger partial charge in [0.15, 0.2) is 0 Å². The van der Waals surface area contributed by atoms with E-state index in [9.17, 15) is 13.6 Å². The maximum absolute atomic E-state index is 13.4. The van der Waals surface area contributed by atoms with Crippen molar-refractivity contribution in [1.82, 2.24) is 10.2 Å². The summed E-state index contributed by atoms with van der Waals surface area (Å²) in [5, 5.41) is 5.66. The number of hydrogen-bond acceptors (Lipinski definition) is 3. The lowest BCUT2D eigenvalue weighted by Gasteiger charge is -2.35. The predicted octanol–water partition coefficient (Wildman–Crippen LogP) is 1.59. The first-order valence-corrected chi connectivity index (χ1v) is 6.68. The molecule has 2 rings (SSSR count). The molecular weight excluding hydrogens is 264 g/mol. The second-order valence-electron chi connectivity index (χ2n) is 5.31. The third-order valence-corrected chi connectivity index (χ3v) is 3.23. The smallest absolute Gasteiger partial charge is 0.238 e. The first-order chi connectivity index (χ1) is 9.45. The molecule has 1 amide bonds. The number of hydrogen-bond donors (Lipinski definition) is 2. The third kappa shape index (κ3) is 3.74. The molecule has 1 fully saturated rings. The Morgan fingerprint density at radius 3 is 2.40 bits per heavy atom. The van der Waals surface area contributed by atoms with Crippen LogP contribution in [0.4, 0.5) is 14.5 Å². The van der Waals surface area contributed by atoms with Crippen molar-refractivity contribution >= 4 is 11.6 Å². The van der Waals surface area contributed by atoms with Gasteiger partial charge in [0.25, 0.3) is 0 Å². The van der Waals surface area contributed by atoms with Gasteiger partial charge in [-0.1, -0.05) is 6.07 Å². The first-order valence-electron chi connectivity index (χ1n) is 6.68. The van der Waals surface area contributed by atoms with Crippen LogP contribution in [0.25, 0.3) is 0 Å². The van der Waals surface area contributed by atoms with Crippen molar-refractivity contribution < 1.29 is 13.6 Å². The number of benzene rings is 1. The van der Waals surface area contributed by atoms with E-state index >= 15 is 0 Å². The van der Waals surface area contributed by atoms with Crippen LogP contribution in [0.15, 0.2) is 18.2 Å². The second kappa shape index (κ2) is 6.28. The molecule has 6 heteroatoms. The van der Waals surface area contributed by atoms with Gasteiger partial charge in [-0.3, -0.25) is 9.69 Å². The van der Waals surface area contributed by atoms with Crippen LogP contribution >= 0.6 is 0 Å². The van der Waals surface area contributed by atoms with E-state index in [4.69, 9.17) is 0 Å². The highest BCUT2D eigenvalue weighted by atomic mass is 19.1. The fourth-order valence-corrected chi connectivity index (χ4v) is 2.57. The molecule has 0 saturated carbocycles. The van der Waals surface area contributed by atoms with Crippen LogP contribution in [0.2, 0.25) is 0 Å². The second-order valence-corrected chi connectivity index (χ2v) is 5.31. The number of anilines is 1. The van der Waals surface area contributed by atoms with Gasteiger partial charge >= 0.3 is 0 Å². The zero-order chi connectivity index (χ0) is 14.7. The Kier molecular flexibility index (Phi) is 4.67. The summed E-state index contributed by atoms with van der Waals surface area (Å²) >= 11 is 0. The molecule has 1 aromatic rings. The van der Waals surface area contributed by atoms with Gasteiger partial charge in [0.2, 0.25) is 5.91 Å². The Hall–Kier alpha value is -1.53. The van der Waals surface area contributed by atoms with E-state index in [0.717, 1.165) is 25.2 Å². The van der Waals surface area contributed by atoms with Crippen molar-refractivity contribution in [2.75, 3.05) is 25.0 Å². The van der Waals surface area contributed by atoms with Gasteiger partial charge in [0.1, 0.15) is 17.3 Å². The van der Waals surface area contributed by atoms with E-state index in [1.807, 2.05) is 18.7 Å². The Labute approximate surface area is 117 Å². The lowest BCUT2D eigenvalue weighted by molar-refractivity contribution is -0.117. The maximum Gasteiger partial charge on any atom is 0.238 e. The Morgan fingerprint density at radius 1 is 1.30 bits per heavy atom. The van der Waals surface area contributed by atoms with Crippen LogP contribution in [-0.2, 0) is 4.79 Å². The predicted molar refractivity (Wildman–Crippen MR) is 73.5 cm³/mol. The number of para-hydroxylation sites is 1. The van der Waals surface area contributed by atoms with Crippen LogP contribution < -0.4 is 10.6 Å². The van der Waals surface area contributed by atoms with Crippen LogP contribution in [0.3, 0.4) is 0 Å². The molecule has 4 nitrogen and oxygen atoms in total. The van der Waals surface area contributed by atoms with Crippen molar-refractivity contribution in [3.05, 3.63) is 29.8 Å². The summed E-state index contributed by atoms with van der Waals surface area (Å²) in [4.78, 5) is 13.9. The lowest BCUT2D eigenvalue weighted by Crippen LogP contribution is -2.55. The minimum absolute atomic E-state index is 0.129. The summed E-state index contributed by atoms with van der Waals surface area (Å²) in [6.45, 7) is 5.67. The van der Waals surface area contributed by atoms with E-state index in [-0.39, 0.29) is 24.3 Å². The molecule has 1 saturated heterocycles. The summed E-state index contributed by atoms with van der Waals surface area (Å²) in [5.41, 5.74) is -0.381. The molecule has 20 heavy (non-hydrogen) atoms. The zero-order valence-corrected chi connectivity index (χ0v) is 11.6. The normalized spacial score (nSPS) is 23.6. The van der Waals surface area contributed by atoms with Gasteiger partial charge in [-0.15, -0.1) is 0 Å². The van der Waals surface area contributed by atoms with Crippen molar-refractivity contribution in [3.63, 3.8) is 0 Å². The minimum atomic E-state index is -0.764. The number of rotatable bonds is 3. The van der Waals surface area contributed by atoms with Crippen molar-refractivity contribution in [3.8, 4) is 0 Å². The number of piperazine rings is 1. The molecule has 0 aromatic heterocycles. The third-order valence-electron chi connectivity index (χ3n) is 3.23. The van der Waals surface area contributed by atoms with Gasteiger partial charge in [0, 0.05) is 25.2 Å². The van der Waals surface area contributed by atoms with Crippen molar-refractivity contribution in [2.24, 2.45) is 0 Å². The fourth-order valence-electron chi connectivity index (χ4n) is 2.57. The molecule has 110 valence electrons. The molecule has 0 bridgehead atoms. The van der Waals surface area contributed by atoms with Crippen LogP contribution in [0, 0.1) is 11.6 Å². The average molecular weight is 283 g/mol. The first kappa shape index (κ1) is 14.9. The summed E-state index contributed by atoms with van der Waals surface area (Å²) in [6, 6.07) is 4.08. The monoisotopic (exact) mass is 283 g/mol. The van der Waals surface area contributed by atoms with Gasteiger partial charge < -0.3 is 10.6 Å². The molecule has 0 aliphatic carbocycles. The summed E-state index contributed by atoms with van der Waals surface area (Å²) in [5.74, 6) is -1.93. The number of carbonyl (C=O) groups excluding carboxylic acids is 1. The molecule has 0 radical (unpaired) electrons. The average Bonchev–Trinajstić information content (AvgIpc) is 2.32. The van der Waals surface area contributed by atoms with Gasteiger partial charge in [-0.25, -0.2) is 8.78 Å². The quantitative estimate of drug-likeness (QED) is 0.885. The highest BCUT2D eigenvalue weighted by molar-refractivity contribution is 5.92. The molecule has 1 heterocycles. The van der Waals surface area contributed by atoms with E-state index < -0.39 is 17.5 Å². The Balaban J connectivity index is 1.95. The van der Waals surface area contributed by atoms with Gasteiger partial charge in [-0.05, 0) is 26.0 Å². The minimum Gasteiger partial charge on any atom is -0.320 e. The molecule has 0 spiro atoms. The fraction of sp³-hybridized carbons (Fsp3) is 0.500. The number of carbonyl (C=O) groups is 1. The number of amides is 1. The standard InChI is InChI=1S/C14H19F2N3O/c1-9-6-19(7-10(2)17-9)8-13(20)18-14-11(15)4-3-5-12(14)16/h3-5,9-10,17H,6-8H2,1-2H3,(H,18,20). The molecule has 2 N–H and O–H groups in total. The molecule has 1 aliphatic rings. The SMILES string of the molecule is CC1CN(CC(=O)Nc2c(F)cccc2F)CC(C)N1. The molecule has 2 unspecified atom stereocenters. The van der Waals surface area contributed by atoms with E-state index in [0.29, 0.717) is 0 Å². The summed E-state index contributed by atoms with van der Waals surface area (Å²) < 4.78 is 26.9. The van der Waals surface area contributed by atoms with Gasteiger partial charge in [-0.2, -0.15) is 0 Å². The Morgan fingerprint density at radius 2 is 1.85 bits per heavy atom. The molecule has 1 aromatic carbocycles. The van der Waals surface area contributed by atoms with E-state index in [1.165, 1.54) is 6.07 Å². The molecule has 1 aliphatic heterocycles. The van der Waals surface area contributed by atoms with Crippen molar-refractivity contribution in [1.29, 1.82) is 0 Å². The zero-order valence-electron chi connectivity index (χ0n) is 11.6. The summed E-state index contributed by atoms with van der Waals surface area (Å²) in [6.07, 6.45) is 0. The number of halogens is 2. The van der Waals surface area contributed by atoms with Crippen LogP contribution in [-0.4, -0.2) is 42.5 Å². The van der Waals surface area contributed by atoms with Crippen LogP contribution in [0.1, 0.15) is 13.8 Å². The highest BCUT2D eigenvalue weighted by Gasteiger charge is 2.23. The molecule has 2 atom stereocenters. The van der Waals surface area contributed by atoms with E-state index in [2.05, 4.69) is 10.6 Å². The maximum atomic E-state index is 13.4. The summed E-state index contributed by atoms with van der Waals surface area (Å²) in [7, 11) is 0. The van der Waals surface area contributed by atoms with Gasteiger partial charge in [0.05, 0.1) is 6.54 Å². The topological polar surface area (TPSA) is 44.4 Å². The van der Waals surface area contributed by atoms with Crippen LogP contribution in [0.5, 0.6) is 0 Å².